The fraction of sp³-hybridized carbons (Fsp3) is 0.333. The minimum atomic E-state index is -3.55. The Balaban J connectivity index is 2.02. The third-order valence-corrected chi connectivity index (χ3v) is 5.31. The maximum atomic E-state index is 12.5. The molecule has 0 fully saturated rings. The second kappa shape index (κ2) is 8.22. The lowest BCUT2D eigenvalue weighted by Gasteiger charge is -2.17. The summed E-state index contributed by atoms with van der Waals surface area (Å²) >= 11 is 0. The van der Waals surface area contributed by atoms with Crippen LogP contribution < -0.4 is 4.72 Å². The number of carbonyl (C=O) groups excluding carboxylic acids is 1. The highest BCUT2D eigenvalue weighted by Crippen LogP contribution is 2.13. The van der Waals surface area contributed by atoms with Crippen LogP contribution in [0.25, 0.3) is 0 Å². The quantitative estimate of drug-likeness (QED) is 0.819. The fourth-order valence-electron chi connectivity index (χ4n) is 2.32. The molecule has 0 unspecified atom stereocenters. The van der Waals surface area contributed by atoms with Crippen LogP contribution >= 0.6 is 0 Å². The van der Waals surface area contributed by atoms with Crippen molar-refractivity contribution in [1.82, 2.24) is 14.6 Å². The first-order chi connectivity index (χ1) is 11.8. The summed E-state index contributed by atoms with van der Waals surface area (Å²) in [5, 5.41) is 0. The zero-order valence-electron chi connectivity index (χ0n) is 14.6. The van der Waals surface area contributed by atoms with E-state index < -0.39 is 10.0 Å². The van der Waals surface area contributed by atoms with Gasteiger partial charge in [-0.2, -0.15) is 0 Å². The Bertz CT molecular complexity index is 803. The van der Waals surface area contributed by atoms with Gasteiger partial charge in [0.1, 0.15) is 0 Å². The molecule has 25 heavy (non-hydrogen) atoms. The van der Waals surface area contributed by atoms with E-state index in [0.29, 0.717) is 12.1 Å². The van der Waals surface area contributed by atoms with E-state index in [4.69, 9.17) is 0 Å². The number of carbonyl (C=O) groups is 1. The van der Waals surface area contributed by atoms with Crippen LogP contribution in [-0.2, 0) is 16.4 Å². The van der Waals surface area contributed by atoms with Crippen LogP contribution in [0.1, 0.15) is 29.8 Å². The highest BCUT2D eigenvalue weighted by Gasteiger charge is 2.17. The number of nitrogens with zero attached hydrogens (tertiary/aromatic N) is 2. The first-order valence-corrected chi connectivity index (χ1v) is 9.54. The molecule has 0 aliphatic rings. The van der Waals surface area contributed by atoms with Crippen molar-refractivity contribution in [3.05, 3.63) is 59.9 Å². The molecule has 0 aliphatic heterocycles. The van der Waals surface area contributed by atoms with E-state index in [1.165, 1.54) is 12.1 Å². The van der Waals surface area contributed by atoms with Gasteiger partial charge in [0.05, 0.1) is 4.90 Å². The van der Waals surface area contributed by atoms with E-state index >= 15 is 0 Å². The molecular weight excluding hydrogens is 338 g/mol. The summed E-state index contributed by atoms with van der Waals surface area (Å²) in [5.41, 5.74) is 1.57. The van der Waals surface area contributed by atoms with E-state index in [2.05, 4.69) is 9.71 Å². The minimum absolute atomic E-state index is 0.144. The van der Waals surface area contributed by atoms with Crippen LogP contribution in [0.15, 0.2) is 53.7 Å². The molecule has 0 radical (unpaired) electrons. The summed E-state index contributed by atoms with van der Waals surface area (Å²) < 4.78 is 26.7. The van der Waals surface area contributed by atoms with E-state index in [1.54, 1.807) is 50.3 Å². The molecule has 0 saturated heterocycles. The molecule has 2 aromatic rings. The Labute approximate surface area is 148 Å². The lowest BCUT2D eigenvalue weighted by Crippen LogP contribution is -2.30. The van der Waals surface area contributed by atoms with Gasteiger partial charge in [-0.15, -0.1) is 0 Å². The van der Waals surface area contributed by atoms with Gasteiger partial charge in [-0.25, -0.2) is 13.1 Å². The van der Waals surface area contributed by atoms with Crippen molar-refractivity contribution >= 4 is 15.9 Å². The van der Waals surface area contributed by atoms with Gasteiger partial charge < -0.3 is 4.90 Å². The van der Waals surface area contributed by atoms with Crippen molar-refractivity contribution in [3.8, 4) is 0 Å². The molecule has 0 saturated carbocycles. The lowest BCUT2D eigenvalue weighted by molar-refractivity contribution is 0.0796. The molecule has 6 nitrogen and oxygen atoms in total. The first kappa shape index (κ1) is 19.1. The number of sulfonamides is 1. The van der Waals surface area contributed by atoms with Gasteiger partial charge in [0.15, 0.2) is 0 Å². The molecule has 0 aliphatic carbocycles. The monoisotopic (exact) mass is 361 g/mol. The summed E-state index contributed by atoms with van der Waals surface area (Å²) in [6.07, 6.45) is 4.18. The molecule has 0 atom stereocenters. The molecule has 1 amide bonds. The van der Waals surface area contributed by atoms with Crippen LogP contribution in [0, 0.1) is 0 Å². The zero-order valence-corrected chi connectivity index (χ0v) is 15.5. The SMILES string of the molecule is CC(C)NS(=O)(=O)c1ccc(C(=O)N(C)CCc2ccncc2)cc1. The number of nitrogens with one attached hydrogen (secondary N) is 1. The summed E-state index contributed by atoms with van der Waals surface area (Å²) in [5.74, 6) is -0.144. The summed E-state index contributed by atoms with van der Waals surface area (Å²) in [4.78, 5) is 18.2. The minimum Gasteiger partial charge on any atom is -0.341 e. The Morgan fingerprint density at radius 1 is 1.12 bits per heavy atom. The number of aromatic nitrogens is 1. The fourth-order valence-corrected chi connectivity index (χ4v) is 3.57. The average Bonchev–Trinajstić information content (AvgIpc) is 2.59. The van der Waals surface area contributed by atoms with Crippen LogP contribution in [0.2, 0.25) is 0 Å². The first-order valence-electron chi connectivity index (χ1n) is 8.06. The van der Waals surface area contributed by atoms with Gasteiger partial charge in [0, 0.05) is 37.6 Å². The number of pyridine rings is 1. The van der Waals surface area contributed by atoms with E-state index in [0.717, 1.165) is 12.0 Å². The smallest absolute Gasteiger partial charge is 0.253 e. The van der Waals surface area contributed by atoms with Crippen molar-refractivity contribution < 1.29 is 13.2 Å². The highest BCUT2D eigenvalue weighted by atomic mass is 32.2. The van der Waals surface area contributed by atoms with Gasteiger partial charge in [-0.1, -0.05) is 0 Å². The number of amides is 1. The van der Waals surface area contributed by atoms with Crippen molar-refractivity contribution in [3.63, 3.8) is 0 Å². The summed E-state index contributed by atoms with van der Waals surface area (Å²) in [7, 11) is -1.82. The Kier molecular flexibility index (Phi) is 6.27. The van der Waals surface area contributed by atoms with Gasteiger partial charge in [0.2, 0.25) is 10.0 Å². The van der Waals surface area contributed by atoms with Gasteiger partial charge in [0.25, 0.3) is 5.91 Å². The second-order valence-electron chi connectivity index (χ2n) is 6.13. The average molecular weight is 361 g/mol. The number of hydrogen-bond acceptors (Lipinski definition) is 4. The Hall–Kier alpha value is -2.25. The molecular formula is C18H23N3O3S. The third kappa shape index (κ3) is 5.37. The van der Waals surface area contributed by atoms with Crippen LogP contribution in [0.4, 0.5) is 0 Å². The normalized spacial score (nSPS) is 11.5. The zero-order chi connectivity index (χ0) is 18.4. The lowest BCUT2D eigenvalue weighted by atomic mass is 10.1. The third-order valence-electron chi connectivity index (χ3n) is 3.63. The Morgan fingerprint density at radius 3 is 2.28 bits per heavy atom. The molecule has 1 N–H and O–H groups in total. The summed E-state index contributed by atoms with van der Waals surface area (Å²) in [6.45, 7) is 4.08. The topological polar surface area (TPSA) is 79.4 Å². The number of likely N-dealkylation sites (N-methyl/N-ethyl adjacent to an activating group) is 1. The maximum absolute atomic E-state index is 12.5. The van der Waals surface area contributed by atoms with E-state index in [-0.39, 0.29) is 16.8 Å². The maximum Gasteiger partial charge on any atom is 0.253 e. The molecule has 1 heterocycles. The van der Waals surface area contributed by atoms with E-state index in [9.17, 15) is 13.2 Å². The Morgan fingerprint density at radius 2 is 1.72 bits per heavy atom. The predicted molar refractivity (Wildman–Crippen MR) is 96.8 cm³/mol. The number of rotatable bonds is 7. The van der Waals surface area contributed by atoms with Crippen molar-refractivity contribution in [2.75, 3.05) is 13.6 Å². The number of hydrogen-bond donors (Lipinski definition) is 1. The van der Waals surface area contributed by atoms with Gasteiger partial charge in [-0.3, -0.25) is 9.78 Å². The van der Waals surface area contributed by atoms with Crippen molar-refractivity contribution in [2.45, 2.75) is 31.2 Å². The molecule has 7 heteroatoms. The van der Waals surface area contributed by atoms with Crippen LogP contribution in [-0.4, -0.2) is 43.8 Å². The van der Waals surface area contributed by atoms with Gasteiger partial charge in [-0.05, 0) is 62.2 Å². The molecule has 134 valence electrons. The van der Waals surface area contributed by atoms with Crippen molar-refractivity contribution in [1.29, 1.82) is 0 Å². The van der Waals surface area contributed by atoms with Crippen LogP contribution in [0.5, 0.6) is 0 Å². The molecule has 2 rings (SSSR count). The van der Waals surface area contributed by atoms with Gasteiger partial charge >= 0.3 is 0 Å². The largest absolute Gasteiger partial charge is 0.341 e. The number of benzene rings is 1. The molecule has 0 bridgehead atoms. The van der Waals surface area contributed by atoms with E-state index in [1.807, 2.05) is 12.1 Å². The predicted octanol–water partition coefficient (Wildman–Crippen LogP) is 2.08. The second-order valence-corrected chi connectivity index (χ2v) is 7.85. The van der Waals surface area contributed by atoms with Crippen molar-refractivity contribution in [2.24, 2.45) is 0 Å². The molecule has 1 aromatic carbocycles. The molecule has 1 aromatic heterocycles. The molecule has 0 spiro atoms. The summed E-state index contributed by atoms with van der Waals surface area (Å²) in [6, 6.07) is 9.63. The van der Waals surface area contributed by atoms with Crippen LogP contribution in [0.3, 0.4) is 0 Å². The highest BCUT2D eigenvalue weighted by molar-refractivity contribution is 7.89. The standard InChI is InChI=1S/C18H23N3O3S/c1-14(2)20-25(23,24)17-6-4-16(5-7-17)18(22)21(3)13-10-15-8-11-19-12-9-15/h4-9,11-12,14,20H,10,13H2,1-3H3.